The van der Waals surface area contributed by atoms with Crippen LogP contribution in [0.25, 0.3) is 0 Å². The molecule has 1 aromatic rings. The molecule has 3 nitrogen and oxygen atoms in total. The molecule has 1 amide bonds. The van der Waals surface area contributed by atoms with Crippen molar-refractivity contribution < 1.29 is 9.53 Å². The summed E-state index contributed by atoms with van der Waals surface area (Å²) >= 11 is 0. The Labute approximate surface area is 148 Å². The van der Waals surface area contributed by atoms with Crippen LogP contribution >= 0.6 is 0 Å². The second kappa shape index (κ2) is 13.9. The summed E-state index contributed by atoms with van der Waals surface area (Å²) in [6, 6.07) is 7.35. The first-order valence-electron chi connectivity index (χ1n) is 9.70. The van der Waals surface area contributed by atoms with Gasteiger partial charge in [0.1, 0.15) is 5.75 Å². The summed E-state index contributed by atoms with van der Waals surface area (Å²) < 4.78 is 5.22. The lowest BCUT2D eigenvalue weighted by molar-refractivity contribution is 0.0950. The predicted octanol–water partition coefficient (Wildman–Crippen LogP) is 5.74. The van der Waals surface area contributed by atoms with Crippen LogP contribution in [0.5, 0.6) is 5.75 Å². The highest BCUT2D eigenvalue weighted by molar-refractivity contribution is 5.96. The number of rotatable bonds is 14. The Morgan fingerprint density at radius 3 is 2.00 bits per heavy atom. The van der Waals surface area contributed by atoms with Gasteiger partial charge in [0.2, 0.25) is 0 Å². The fourth-order valence-electron chi connectivity index (χ4n) is 2.92. The highest BCUT2D eigenvalue weighted by atomic mass is 16.5. The largest absolute Gasteiger partial charge is 0.496 e. The summed E-state index contributed by atoms with van der Waals surface area (Å²) in [6.45, 7) is 3.01. The lowest BCUT2D eigenvalue weighted by Crippen LogP contribution is -2.24. The number of methoxy groups -OCH3 is 1. The van der Waals surface area contributed by atoms with Gasteiger partial charge in [-0.1, -0.05) is 83.3 Å². The highest BCUT2D eigenvalue weighted by Crippen LogP contribution is 2.17. The topological polar surface area (TPSA) is 38.3 Å². The number of hydrogen-bond donors (Lipinski definition) is 1. The third-order valence-corrected chi connectivity index (χ3v) is 4.42. The standard InChI is InChI=1S/C21H35NO2/c1-3-4-5-6-7-8-9-10-11-12-15-18-22-21(23)19-16-13-14-17-20(19)24-2/h13-14,16-17H,3-12,15,18H2,1-2H3,(H,22,23). The van der Waals surface area contributed by atoms with Crippen LogP contribution in [-0.2, 0) is 0 Å². The van der Waals surface area contributed by atoms with Crippen LogP contribution < -0.4 is 10.1 Å². The van der Waals surface area contributed by atoms with Crippen molar-refractivity contribution in [2.45, 2.75) is 77.6 Å². The lowest BCUT2D eigenvalue weighted by atomic mass is 10.1. The summed E-state index contributed by atoms with van der Waals surface area (Å²) in [6.07, 6.45) is 14.5. The van der Waals surface area contributed by atoms with Crippen LogP contribution in [0.1, 0.15) is 87.9 Å². The fraction of sp³-hybridized carbons (Fsp3) is 0.667. The molecular formula is C21H35NO2. The van der Waals surface area contributed by atoms with E-state index in [9.17, 15) is 4.79 Å². The van der Waals surface area contributed by atoms with Gasteiger partial charge in [0, 0.05) is 6.54 Å². The van der Waals surface area contributed by atoms with Gasteiger partial charge in [-0.2, -0.15) is 0 Å². The minimum absolute atomic E-state index is 0.0421. The summed E-state index contributed by atoms with van der Waals surface area (Å²) in [4.78, 5) is 12.1. The zero-order valence-electron chi connectivity index (χ0n) is 15.6. The van der Waals surface area contributed by atoms with Gasteiger partial charge in [0.25, 0.3) is 5.91 Å². The van der Waals surface area contributed by atoms with E-state index in [0.717, 1.165) is 13.0 Å². The first-order valence-corrected chi connectivity index (χ1v) is 9.70. The molecule has 1 rings (SSSR count). The molecule has 0 heterocycles. The van der Waals surface area contributed by atoms with E-state index in [4.69, 9.17) is 4.74 Å². The van der Waals surface area contributed by atoms with E-state index in [0.29, 0.717) is 11.3 Å². The van der Waals surface area contributed by atoms with E-state index in [1.54, 1.807) is 13.2 Å². The molecule has 0 bridgehead atoms. The molecule has 3 heteroatoms. The SMILES string of the molecule is CCCCCCCCCCCCCNC(=O)c1ccccc1OC. The Bertz CT molecular complexity index is 445. The molecule has 0 radical (unpaired) electrons. The van der Waals surface area contributed by atoms with Crippen LogP contribution in [0.4, 0.5) is 0 Å². The fourth-order valence-corrected chi connectivity index (χ4v) is 2.92. The molecule has 136 valence electrons. The third kappa shape index (κ3) is 8.95. The van der Waals surface area contributed by atoms with E-state index >= 15 is 0 Å². The van der Waals surface area contributed by atoms with E-state index in [1.807, 2.05) is 18.2 Å². The molecule has 0 aliphatic carbocycles. The first kappa shape index (κ1) is 20.5. The molecule has 0 atom stereocenters. The van der Waals surface area contributed by atoms with Gasteiger partial charge in [-0.25, -0.2) is 0 Å². The number of para-hydroxylation sites is 1. The van der Waals surface area contributed by atoms with Crippen molar-refractivity contribution in [1.82, 2.24) is 5.32 Å². The van der Waals surface area contributed by atoms with Crippen molar-refractivity contribution in [2.75, 3.05) is 13.7 Å². The number of carbonyl (C=O) groups is 1. The van der Waals surface area contributed by atoms with Gasteiger partial charge in [-0.15, -0.1) is 0 Å². The van der Waals surface area contributed by atoms with Crippen LogP contribution in [0.2, 0.25) is 0 Å². The third-order valence-electron chi connectivity index (χ3n) is 4.42. The monoisotopic (exact) mass is 333 g/mol. The number of amides is 1. The summed E-state index contributed by atoms with van der Waals surface area (Å²) in [5, 5.41) is 2.99. The van der Waals surface area contributed by atoms with Crippen LogP contribution in [0.3, 0.4) is 0 Å². The van der Waals surface area contributed by atoms with Gasteiger partial charge in [-0.05, 0) is 18.6 Å². The smallest absolute Gasteiger partial charge is 0.255 e. The maximum absolute atomic E-state index is 12.1. The van der Waals surface area contributed by atoms with Crippen molar-refractivity contribution in [2.24, 2.45) is 0 Å². The second-order valence-corrected chi connectivity index (χ2v) is 6.49. The Balaban J connectivity index is 1.97. The molecular weight excluding hydrogens is 298 g/mol. The molecule has 0 saturated heterocycles. The van der Waals surface area contributed by atoms with Crippen molar-refractivity contribution >= 4 is 5.91 Å². The van der Waals surface area contributed by atoms with E-state index < -0.39 is 0 Å². The van der Waals surface area contributed by atoms with Gasteiger partial charge in [-0.3, -0.25) is 4.79 Å². The minimum atomic E-state index is -0.0421. The van der Waals surface area contributed by atoms with Crippen molar-refractivity contribution in [3.8, 4) is 5.75 Å². The van der Waals surface area contributed by atoms with Gasteiger partial charge >= 0.3 is 0 Å². The maximum atomic E-state index is 12.1. The lowest BCUT2D eigenvalue weighted by Gasteiger charge is -2.09. The molecule has 0 aliphatic rings. The number of ether oxygens (including phenoxy) is 1. The Morgan fingerprint density at radius 2 is 1.42 bits per heavy atom. The average Bonchev–Trinajstić information content (AvgIpc) is 2.62. The quantitative estimate of drug-likeness (QED) is 0.441. The summed E-state index contributed by atoms with van der Waals surface area (Å²) in [5.41, 5.74) is 0.614. The van der Waals surface area contributed by atoms with Gasteiger partial charge in [0.15, 0.2) is 0 Å². The highest BCUT2D eigenvalue weighted by Gasteiger charge is 2.10. The summed E-state index contributed by atoms with van der Waals surface area (Å²) in [7, 11) is 1.59. The van der Waals surface area contributed by atoms with Gasteiger partial charge < -0.3 is 10.1 Å². The molecule has 1 N–H and O–H groups in total. The van der Waals surface area contributed by atoms with Crippen LogP contribution in [-0.4, -0.2) is 19.6 Å². The number of nitrogens with one attached hydrogen (secondary N) is 1. The second-order valence-electron chi connectivity index (χ2n) is 6.49. The Hall–Kier alpha value is -1.51. The van der Waals surface area contributed by atoms with Crippen LogP contribution in [0, 0.1) is 0 Å². The predicted molar refractivity (Wildman–Crippen MR) is 102 cm³/mol. The number of unbranched alkanes of at least 4 members (excludes halogenated alkanes) is 10. The molecule has 1 aromatic carbocycles. The maximum Gasteiger partial charge on any atom is 0.255 e. The molecule has 0 aromatic heterocycles. The average molecular weight is 334 g/mol. The van der Waals surface area contributed by atoms with Crippen molar-refractivity contribution in [3.05, 3.63) is 29.8 Å². The molecule has 0 spiro atoms. The normalized spacial score (nSPS) is 10.6. The zero-order chi connectivity index (χ0) is 17.5. The molecule has 0 fully saturated rings. The van der Waals surface area contributed by atoms with E-state index in [1.165, 1.54) is 64.2 Å². The molecule has 0 unspecified atom stereocenters. The van der Waals surface area contributed by atoms with E-state index in [2.05, 4.69) is 12.2 Å². The Morgan fingerprint density at radius 1 is 0.875 bits per heavy atom. The Kier molecular flexibility index (Phi) is 11.9. The van der Waals surface area contributed by atoms with Crippen LogP contribution in [0.15, 0.2) is 24.3 Å². The minimum Gasteiger partial charge on any atom is -0.496 e. The molecule has 24 heavy (non-hydrogen) atoms. The first-order chi connectivity index (χ1) is 11.8. The molecule has 0 aliphatic heterocycles. The summed E-state index contributed by atoms with van der Waals surface area (Å²) in [5.74, 6) is 0.591. The number of carbonyl (C=O) groups excluding carboxylic acids is 1. The molecule has 0 saturated carbocycles. The van der Waals surface area contributed by atoms with Crippen molar-refractivity contribution in [1.29, 1.82) is 0 Å². The number of benzene rings is 1. The zero-order valence-corrected chi connectivity index (χ0v) is 15.6. The number of hydrogen-bond acceptors (Lipinski definition) is 2. The van der Waals surface area contributed by atoms with Gasteiger partial charge in [0.05, 0.1) is 12.7 Å². The van der Waals surface area contributed by atoms with E-state index in [-0.39, 0.29) is 5.91 Å². The van der Waals surface area contributed by atoms with Crippen molar-refractivity contribution in [3.63, 3.8) is 0 Å².